The minimum atomic E-state index is -0.501. The van der Waals surface area contributed by atoms with E-state index >= 15 is 0 Å². The van der Waals surface area contributed by atoms with Gasteiger partial charge in [0.1, 0.15) is 11.3 Å². The fraction of sp³-hybridized carbons (Fsp3) is 0.333. The van der Waals surface area contributed by atoms with Crippen LogP contribution in [-0.4, -0.2) is 11.9 Å². The van der Waals surface area contributed by atoms with Crippen LogP contribution in [-0.2, 0) is 4.79 Å². The van der Waals surface area contributed by atoms with Crippen molar-refractivity contribution >= 4 is 16.8 Å². The quantitative estimate of drug-likeness (QED) is 0.793. The van der Waals surface area contributed by atoms with E-state index in [0.29, 0.717) is 17.8 Å². The molecule has 0 spiro atoms. The summed E-state index contributed by atoms with van der Waals surface area (Å²) in [6.45, 7) is 5.36. The van der Waals surface area contributed by atoms with Gasteiger partial charge in [-0.1, -0.05) is 6.92 Å². The first-order valence-corrected chi connectivity index (χ1v) is 6.25. The summed E-state index contributed by atoms with van der Waals surface area (Å²) >= 11 is 0. The number of rotatable bonds is 4. The van der Waals surface area contributed by atoms with Crippen molar-refractivity contribution in [3.05, 3.63) is 40.2 Å². The molecule has 1 unspecified atom stereocenters. The van der Waals surface area contributed by atoms with Gasteiger partial charge >= 0.3 is 5.63 Å². The van der Waals surface area contributed by atoms with Gasteiger partial charge in [-0.3, -0.25) is 4.79 Å². The Kier molecular flexibility index (Phi) is 3.69. The molecule has 0 radical (unpaired) electrons. The number of ether oxygens (including phenoxy) is 1. The van der Waals surface area contributed by atoms with Crippen molar-refractivity contribution < 1.29 is 13.9 Å². The summed E-state index contributed by atoms with van der Waals surface area (Å²) in [4.78, 5) is 22.8. The highest BCUT2D eigenvalue weighted by molar-refractivity contribution is 5.83. The molecule has 0 saturated heterocycles. The minimum Gasteiger partial charge on any atom is -0.483 e. The lowest BCUT2D eigenvalue weighted by Gasteiger charge is -2.13. The van der Waals surface area contributed by atoms with Crippen LogP contribution < -0.4 is 10.4 Å². The third kappa shape index (κ3) is 2.84. The van der Waals surface area contributed by atoms with E-state index in [0.717, 1.165) is 10.9 Å². The molecule has 0 fully saturated rings. The maximum Gasteiger partial charge on any atom is 0.336 e. The maximum atomic E-state index is 11.5. The summed E-state index contributed by atoms with van der Waals surface area (Å²) in [7, 11) is 0. The molecule has 4 heteroatoms. The van der Waals surface area contributed by atoms with Gasteiger partial charge in [0.2, 0.25) is 0 Å². The van der Waals surface area contributed by atoms with Gasteiger partial charge in [0.25, 0.3) is 0 Å². The first kappa shape index (κ1) is 13.3. The van der Waals surface area contributed by atoms with Gasteiger partial charge in [0.05, 0.1) is 0 Å². The standard InChI is InChI=1S/C15H16O4/c1-4-13(16)10(3)18-11-5-6-12-9(2)7-15(17)19-14(12)8-11/h5-8,10H,4H2,1-3H3. The van der Waals surface area contributed by atoms with Crippen LogP contribution >= 0.6 is 0 Å². The number of aryl methyl sites for hydroxylation is 1. The van der Waals surface area contributed by atoms with Gasteiger partial charge in [-0.25, -0.2) is 4.79 Å². The predicted octanol–water partition coefficient (Wildman–Crippen LogP) is 2.85. The second-order valence-corrected chi connectivity index (χ2v) is 4.49. The van der Waals surface area contributed by atoms with Crippen LogP contribution in [0.25, 0.3) is 11.0 Å². The molecule has 2 aromatic rings. The molecule has 1 aromatic carbocycles. The Morgan fingerprint density at radius 3 is 2.79 bits per heavy atom. The summed E-state index contributed by atoms with van der Waals surface area (Å²) < 4.78 is 10.7. The van der Waals surface area contributed by atoms with Crippen LogP contribution in [0.15, 0.2) is 33.5 Å². The Bertz CT molecular complexity index is 669. The average molecular weight is 260 g/mol. The van der Waals surface area contributed by atoms with Crippen LogP contribution in [0.5, 0.6) is 5.75 Å². The largest absolute Gasteiger partial charge is 0.483 e. The van der Waals surface area contributed by atoms with Gasteiger partial charge in [0.15, 0.2) is 11.9 Å². The predicted molar refractivity (Wildman–Crippen MR) is 72.6 cm³/mol. The Morgan fingerprint density at radius 1 is 1.37 bits per heavy atom. The summed E-state index contributed by atoms with van der Waals surface area (Å²) in [5.41, 5.74) is 0.939. The molecular weight excluding hydrogens is 244 g/mol. The Hall–Kier alpha value is -2.10. The van der Waals surface area contributed by atoms with E-state index in [2.05, 4.69) is 0 Å². The first-order valence-electron chi connectivity index (χ1n) is 6.25. The number of ketones is 1. The van der Waals surface area contributed by atoms with Crippen molar-refractivity contribution in [2.24, 2.45) is 0 Å². The number of Topliss-reactive ketones (excluding diaryl/α,β-unsaturated/α-hetero) is 1. The topological polar surface area (TPSA) is 56.5 Å². The van der Waals surface area contributed by atoms with Crippen LogP contribution in [0.1, 0.15) is 25.8 Å². The molecule has 0 aliphatic rings. The summed E-state index contributed by atoms with van der Waals surface area (Å²) in [5, 5.41) is 0.862. The molecule has 0 saturated carbocycles. The number of hydrogen-bond donors (Lipinski definition) is 0. The lowest BCUT2D eigenvalue weighted by Crippen LogP contribution is -2.22. The molecule has 1 atom stereocenters. The smallest absolute Gasteiger partial charge is 0.336 e. The SMILES string of the molecule is CCC(=O)C(C)Oc1ccc2c(C)cc(=O)oc2c1. The van der Waals surface area contributed by atoms with Gasteiger partial charge in [0, 0.05) is 23.9 Å². The van der Waals surface area contributed by atoms with E-state index in [-0.39, 0.29) is 11.4 Å². The lowest BCUT2D eigenvalue weighted by molar-refractivity contribution is -0.124. The van der Waals surface area contributed by atoms with E-state index in [1.165, 1.54) is 6.07 Å². The Morgan fingerprint density at radius 2 is 2.11 bits per heavy atom. The van der Waals surface area contributed by atoms with Crippen molar-refractivity contribution in [3.63, 3.8) is 0 Å². The van der Waals surface area contributed by atoms with Crippen molar-refractivity contribution in [2.75, 3.05) is 0 Å². The van der Waals surface area contributed by atoms with Crippen molar-refractivity contribution in [1.82, 2.24) is 0 Å². The van der Waals surface area contributed by atoms with E-state index < -0.39 is 6.10 Å². The molecule has 0 aliphatic carbocycles. The fourth-order valence-corrected chi connectivity index (χ4v) is 1.94. The zero-order valence-corrected chi connectivity index (χ0v) is 11.2. The van der Waals surface area contributed by atoms with Gasteiger partial charge in [-0.15, -0.1) is 0 Å². The highest BCUT2D eigenvalue weighted by Crippen LogP contribution is 2.23. The number of benzene rings is 1. The van der Waals surface area contributed by atoms with Gasteiger partial charge in [-0.05, 0) is 31.5 Å². The molecule has 0 bridgehead atoms. The van der Waals surface area contributed by atoms with E-state index in [1.54, 1.807) is 26.0 Å². The summed E-state index contributed by atoms with van der Waals surface area (Å²) in [5.74, 6) is 0.557. The van der Waals surface area contributed by atoms with Crippen molar-refractivity contribution in [1.29, 1.82) is 0 Å². The fourth-order valence-electron chi connectivity index (χ4n) is 1.94. The van der Waals surface area contributed by atoms with Gasteiger partial charge < -0.3 is 9.15 Å². The molecule has 2 rings (SSSR count). The van der Waals surface area contributed by atoms with Crippen molar-refractivity contribution in [2.45, 2.75) is 33.3 Å². The zero-order chi connectivity index (χ0) is 14.0. The van der Waals surface area contributed by atoms with Crippen LogP contribution in [0.3, 0.4) is 0 Å². The van der Waals surface area contributed by atoms with Crippen LogP contribution in [0, 0.1) is 6.92 Å². The highest BCUT2D eigenvalue weighted by atomic mass is 16.5. The van der Waals surface area contributed by atoms with Crippen molar-refractivity contribution in [3.8, 4) is 5.75 Å². The second-order valence-electron chi connectivity index (χ2n) is 4.49. The normalized spacial score (nSPS) is 12.4. The van der Waals surface area contributed by atoms with E-state index in [1.807, 2.05) is 13.0 Å². The van der Waals surface area contributed by atoms with E-state index in [9.17, 15) is 9.59 Å². The van der Waals surface area contributed by atoms with Gasteiger partial charge in [-0.2, -0.15) is 0 Å². The molecule has 1 heterocycles. The molecule has 4 nitrogen and oxygen atoms in total. The van der Waals surface area contributed by atoms with Crippen LogP contribution in [0.2, 0.25) is 0 Å². The molecule has 100 valence electrons. The zero-order valence-electron chi connectivity index (χ0n) is 11.2. The molecule has 1 aromatic heterocycles. The molecular formula is C15H16O4. The Balaban J connectivity index is 2.36. The minimum absolute atomic E-state index is 0.0331. The molecule has 0 amide bonds. The third-order valence-corrected chi connectivity index (χ3v) is 3.04. The summed E-state index contributed by atoms with van der Waals surface area (Å²) in [6, 6.07) is 6.69. The lowest BCUT2D eigenvalue weighted by atomic mass is 10.1. The second kappa shape index (κ2) is 5.26. The Labute approximate surface area is 111 Å². The third-order valence-electron chi connectivity index (χ3n) is 3.04. The molecule has 0 N–H and O–H groups in total. The van der Waals surface area contributed by atoms with E-state index in [4.69, 9.17) is 9.15 Å². The highest BCUT2D eigenvalue weighted by Gasteiger charge is 2.13. The first-order chi connectivity index (χ1) is 9.01. The number of hydrogen-bond acceptors (Lipinski definition) is 4. The molecule has 19 heavy (non-hydrogen) atoms. The number of carbonyl (C=O) groups is 1. The molecule has 0 aliphatic heterocycles. The maximum absolute atomic E-state index is 11.5. The monoisotopic (exact) mass is 260 g/mol. The number of carbonyl (C=O) groups excluding carboxylic acids is 1. The summed E-state index contributed by atoms with van der Waals surface area (Å²) in [6.07, 6.45) is -0.0675. The average Bonchev–Trinajstić information content (AvgIpc) is 2.36. The van der Waals surface area contributed by atoms with Crippen LogP contribution in [0.4, 0.5) is 0 Å². The number of fused-ring (bicyclic) bond motifs is 1.